The second kappa shape index (κ2) is 12.8. The van der Waals surface area contributed by atoms with E-state index in [0.29, 0.717) is 0 Å². The lowest BCUT2D eigenvalue weighted by Gasteiger charge is -2.23. The maximum absolute atomic E-state index is 10.8. The van der Waals surface area contributed by atoms with Crippen LogP contribution in [0.15, 0.2) is 12.3 Å². The molecule has 0 aromatic carbocycles. The minimum atomic E-state index is -3.74. The van der Waals surface area contributed by atoms with Crippen molar-refractivity contribution in [2.24, 2.45) is 0 Å². The van der Waals surface area contributed by atoms with Gasteiger partial charge in [0.05, 0.1) is 0 Å². The van der Waals surface area contributed by atoms with Crippen molar-refractivity contribution >= 4 is 35.5 Å². The standard InChI is InChI=1S/C8H12O6Si.C6H16O3Si/c1-5-15(12-6(2)9,13-7(3)10)14-8(4)11;1-5-6-10(7-2,8-3)9-4/h5H,1H2,2-4H3;5-6H2,1-4H3. The minimum Gasteiger partial charge on any atom is -0.452 e. The topological polar surface area (TPSA) is 107 Å². The van der Waals surface area contributed by atoms with Gasteiger partial charge < -0.3 is 26.6 Å². The molecule has 0 rings (SSSR count). The fourth-order valence-electron chi connectivity index (χ4n) is 1.65. The summed E-state index contributed by atoms with van der Waals surface area (Å²) in [6, 6.07) is 0.885. The van der Waals surface area contributed by atoms with Crippen LogP contribution in [0.3, 0.4) is 0 Å². The van der Waals surface area contributed by atoms with E-state index in [0.717, 1.165) is 38.9 Å². The molecule has 0 aliphatic carbocycles. The number of hydrogen-bond acceptors (Lipinski definition) is 9. The van der Waals surface area contributed by atoms with E-state index < -0.39 is 35.5 Å². The first-order valence-corrected chi connectivity index (χ1v) is 11.2. The van der Waals surface area contributed by atoms with E-state index in [1.54, 1.807) is 21.3 Å². The highest BCUT2D eigenvalue weighted by atomic mass is 28.4. The zero-order valence-electron chi connectivity index (χ0n) is 15.9. The second-order valence-electron chi connectivity index (χ2n) is 4.63. The lowest BCUT2D eigenvalue weighted by molar-refractivity contribution is -0.146. The molecule has 25 heavy (non-hydrogen) atoms. The Bertz CT molecular complexity index is 401. The molecule has 0 saturated carbocycles. The summed E-state index contributed by atoms with van der Waals surface area (Å²) in [6.45, 7) is 8.73. The van der Waals surface area contributed by atoms with Gasteiger partial charge in [-0.25, -0.2) is 0 Å². The average Bonchev–Trinajstić information content (AvgIpc) is 2.51. The highest BCUT2D eigenvalue weighted by Gasteiger charge is 2.48. The van der Waals surface area contributed by atoms with E-state index in [1.807, 2.05) is 0 Å². The third kappa shape index (κ3) is 10.8. The van der Waals surface area contributed by atoms with Crippen LogP contribution in [0.5, 0.6) is 0 Å². The molecule has 0 amide bonds. The molecule has 0 heterocycles. The molecule has 0 spiro atoms. The van der Waals surface area contributed by atoms with Crippen LogP contribution in [0.25, 0.3) is 0 Å². The highest BCUT2D eigenvalue weighted by Crippen LogP contribution is 2.14. The fraction of sp³-hybridized carbons (Fsp3) is 0.643. The van der Waals surface area contributed by atoms with Gasteiger partial charge in [0.15, 0.2) is 0 Å². The van der Waals surface area contributed by atoms with Crippen molar-refractivity contribution in [3.63, 3.8) is 0 Å². The molecule has 0 aromatic heterocycles. The summed E-state index contributed by atoms with van der Waals surface area (Å²) in [4.78, 5) is 32.3. The summed E-state index contributed by atoms with van der Waals surface area (Å²) in [5.74, 6) is -2.16. The molecule has 0 aliphatic heterocycles. The monoisotopic (exact) mass is 396 g/mol. The minimum absolute atomic E-state index is 0.718. The van der Waals surface area contributed by atoms with Crippen LogP contribution in [0.4, 0.5) is 0 Å². The van der Waals surface area contributed by atoms with Crippen molar-refractivity contribution in [3.8, 4) is 0 Å². The number of hydrogen-bond donors (Lipinski definition) is 0. The van der Waals surface area contributed by atoms with Crippen molar-refractivity contribution in [2.75, 3.05) is 21.3 Å². The molecule has 0 bridgehead atoms. The molecule has 0 aromatic rings. The second-order valence-corrected chi connectivity index (χ2v) is 9.95. The van der Waals surface area contributed by atoms with Crippen LogP contribution >= 0.6 is 0 Å². The lowest BCUT2D eigenvalue weighted by Crippen LogP contribution is -2.47. The Morgan fingerprint density at radius 1 is 0.840 bits per heavy atom. The molecule has 0 radical (unpaired) electrons. The molecular formula is C14H28O9Si2. The Balaban J connectivity index is 0. The summed E-state index contributed by atoms with van der Waals surface area (Å²) in [7, 11) is -1.06. The smallest absolute Gasteiger partial charge is 0.452 e. The van der Waals surface area contributed by atoms with Gasteiger partial charge in [-0.15, -0.1) is 0 Å². The van der Waals surface area contributed by atoms with Crippen molar-refractivity contribution in [2.45, 2.75) is 40.2 Å². The number of carbonyl (C=O) groups excluding carboxylic acids is 3. The Hall–Kier alpha value is -1.54. The predicted molar refractivity (Wildman–Crippen MR) is 93.1 cm³/mol. The number of carbonyl (C=O) groups is 3. The SMILES string of the molecule is C=C[Si](OC(C)=O)(OC(C)=O)OC(C)=O.CCC[Si](OC)(OC)OC. The van der Waals surface area contributed by atoms with E-state index in [2.05, 4.69) is 13.5 Å². The fourth-order valence-corrected chi connectivity index (χ4v) is 4.95. The molecule has 0 atom stereocenters. The van der Waals surface area contributed by atoms with Gasteiger partial charge in [-0.3, -0.25) is 14.4 Å². The van der Waals surface area contributed by atoms with Crippen LogP contribution in [0.1, 0.15) is 34.1 Å². The zero-order valence-corrected chi connectivity index (χ0v) is 17.9. The van der Waals surface area contributed by atoms with Gasteiger partial charge in [0.25, 0.3) is 17.9 Å². The van der Waals surface area contributed by atoms with Crippen LogP contribution < -0.4 is 0 Å². The quantitative estimate of drug-likeness (QED) is 0.537. The molecule has 9 nitrogen and oxygen atoms in total. The normalized spacial score (nSPS) is 10.8. The molecule has 0 unspecified atom stereocenters. The summed E-state index contributed by atoms with van der Waals surface area (Å²) in [6.07, 6.45) is 1.03. The van der Waals surface area contributed by atoms with Crippen LogP contribution in [-0.2, 0) is 40.9 Å². The van der Waals surface area contributed by atoms with Crippen molar-refractivity contribution in [1.82, 2.24) is 0 Å². The largest absolute Gasteiger partial charge is 0.734 e. The van der Waals surface area contributed by atoms with Gasteiger partial charge in [-0.2, -0.15) is 0 Å². The summed E-state index contributed by atoms with van der Waals surface area (Å²) in [5, 5.41) is 0. The maximum atomic E-state index is 10.8. The van der Waals surface area contributed by atoms with E-state index in [4.69, 9.17) is 26.6 Å². The van der Waals surface area contributed by atoms with Gasteiger partial charge in [-0.1, -0.05) is 19.9 Å². The van der Waals surface area contributed by atoms with E-state index >= 15 is 0 Å². The predicted octanol–water partition coefficient (Wildman–Crippen LogP) is 1.61. The van der Waals surface area contributed by atoms with E-state index in [9.17, 15) is 14.4 Å². The van der Waals surface area contributed by atoms with Gasteiger partial charge in [0.1, 0.15) is 0 Å². The molecule has 0 N–H and O–H groups in total. The first kappa shape index (κ1) is 25.7. The van der Waals surface area contributed by atoms with Crippen LogP contribution in [-0.4, -0.2) is 56.8 Å². The van der Waals surface area contributed by atoms with Gasteiger partial charge in [-0.05, 0) is 0 Å². The van der Waals surface area contributed by atoms with Crippen molar-refractivity contribution < 1.29 is 40.9 Å². The first-order valence-electron chi connectivity index (χ1n) is 7.43. The average molecular weight is 397 g/mol. The third-order valence-electron chi connectivity index (χ3n) is 2.60. The first-order chi connectivity index (χ1) is 11.6. The Kier molecular flexibility index (Phi) is 13.1. The van der Waals surface area contributed by atoms with E-state index in [-0.39, 0.29) is 0 Å². The van der Waals surface area contributed by atoms with Crippen molar-refractivity contribution in [3.05, 3.63) is 12.3 Å². The summed E-state index contributed by atoms with van der Waals surface area (Å²) in [5.41, 5.74) is 1.04. The molecule has 146 valence electrons. The van der Waals surface area contributed by atoms with Gasteiger partial charge in [0.2, 0.25) is 0 Å². The van der Waals surface area contributed by atoms with Gasteiger partial charge in [0, 0.05) is 53.8 Å². The highest BCUT2D eigenvalue weighted by molar-refractivity contribution is 6.70. The molecule has 0 saturated heterocycles. The zero-order chi connectivity index (χ0) is 20.1. The van der Waals surface area contributed by atoms with Crippen molar-refractivity contribution in [1.29, 1.82) is 0 Å². The van der Waals surface area contributed by atoms with Crippen LogP contribution in [0.2, 0.25) is 6.04 Å². The maximum Gasteiger partial charge on any atom is 0.734 e. The molecular weight excluding hydrogens is 368 g/mol. The van der Waals surface area contributed by atoms with E-state index in [1.165, 1.54) is 0 Å². The number of rotatable bonds is 9. The Morgan fingerprint density at radius 3 is 1.28 bits per heavy atom. The Morgan fingerprint density at radius 2 is 1.16 bits per heavy atom. The third-order valence-corrected chi connectivity index (χ3v) is 7.79. The lowest BCUT2D eigenvalue weighted by atomic mass is 10.6. The van der Waals surface area contributed by atoms with Gasteiger partial charge >= 0.3 is 17.6 Å². The summed E-state index contributed by atoms with van der Waals surface area (Å²) >= 11 is 0. The summed E-state index contributed by atoms with van der Waals surface area (Å²) < 4.78 is 29.6. The Labute approximate surface area is 150 Å². The molecule has 0 aliphatic rings. The van der Waals surface area contributed by atoms with Crippen LogP contribution in [0, 0.1) is 0 Å². The molecule has 11 heteroatoms. The molecule has 0 fully saturated rings.